The first-order valence-corrected chi connectivity index (χ1v) is 21.5. The lowest BCUT2D eigenvalue weighted by Gasteiger charge is -2.13. The van der Waals surface area contributed by atoms with E-state index in [9.17, 15) is 0 Å². The van der Waals surface area contributed by atoms with Crippen LogP contribution in [0.15, 0.2) is 200 Å². The van der Waals surface area contributed by atoms with E-state index < -0.39 is 0 Å². The van der Waals surface area contributed by atoms with Gasteiger partial charge in [-0.1, -0.05) is 182 Å². The van der Waals surface area contributed by atoms with Crippen molar-refractivity contribution in [1.82, 2.24) is 15.0 Å². The number of nitrogens with zero attached hydrogens (tertiary/aromatic N) is 3. The van der Waals surface area contributed by atoms with Gasteiger partial charge in [-0.05, 0) is 94.0 Å². The first kappa shape index (κ1) is 34.1. The Morgan fingerprint density at radius 1 is 0.279 bits per heavy atom. The second-order valence-corrected chi connectivity index (χ2v) is 17.0. The van der Waals surface area contributed by atoms with Crippen LogP contribution in [-0.2, 0) is 0 Å². The molecular formula is C57H33N3S. The fourth-order valence-corrected chi connectivity index (χ4v) is 10.9. The Kier molecular flexibility index (Phi) is 7.47. The molecule has 13 aromatic rings. The largest absolute Gasteiger partial charge is 0.208 e. The summed E-state index contributed by atoms with van der Waals surface area (Å²) in [4.78, 5) is 15.6. The van der Waals surface area contributed by atoms with Gasteiger partial charge in [-0.3, -0.25) is 0 Å². The predicted molar refractivity (Wildman–Crippen MR) is 259 cm³/mol. The number of benzene rings is 11. The molecule has 2 heterocycles. The molecule has 0 amide bonds. The smallest absolute Gasteiger partial charge is 0.164 e. The van der Waals surface area contributed by atoms with E-state index in [-0.39, 0.29) is 0 Å². The van der Waals surface area contributed by atoms with Crippen molar-refractivity contribution in [3.8, 4) is 45.3 Å². The maximum Gasteiger partial charge on any atom is 0.164 e. The molecule has 11 aromatic carbocycles. The summed E-state index contributed by atoms with van der Waals surface area (Å²) in [6, 6.07) is 72.2. The van der Waals surface area contributed by atoms with Gasteiger partial charge in [-0.2, -0.15) is 0 Å². The van der Waals surface area contributed by atoms with Gasteiger partial charge in [0.15, 0.2) is 17.5 Å². The summed E-state index contributed by atoms with van der Waals surface area (Å²) >= 11 is 1.89. The van der Waals surface area contributed by atoms with Gasteiger partial charge in [0.05, 0.1) is 0 Å². The molecule has 0 aliphatic rings. The van der Waals surface area contributed by atoms with Crippen LogP contribution in [-0.4, -0.2) is 15.0 Å². The van der Waals surface area contributed by atoms with Crippen molar-refractivity contribution >= 4 is 96.1 Å². The predicted octanol–water partition coefficient (Wildman–Crippen LogP) is 15.8. The number of fused-ring (bicyclic) bond motifs is 12. The first-order chi connectivity index (χ1) is 30.2. The second kappa shape index (κ2) is 13.4. The average Bonchev–Trinajstić information content (AvgIpc) is 3.69. The number of thiophene rings is 1. The first-order valence-electron chi connectivity index (χ1n) is 20.7. The fraction of sp³-hybridized carbons (Fsp3) is 0. The van der Waals surface area contributed by atoms with Crippen LogP contribution in [0.3, 0.4) is 0 Å². The van der Waals surface area contributed by atoms with Crippen LogP contribution in [0.25, 0.3) is 130 Å². The lowest BCUT2D eigenvalue weighted by molar-refractivity contribution is 1.08. The van der Waals surface area contributed by atoms with Crippen molar-refractivity contribution in [2.45, 2.75) is 0 Å². The summed E-state index contributed by atoms with van der Waals surface area (Å²) in [5, 5.41) is 17.3. The zero-order chi connectivity index (χ0) is 40.0. The third-order valence-corrected chi connectivity index (χ3v) is 13.6. The third kappa shape index (κ3) is 5.33. The molecule has 0 spiro atoms. The van der Waals surface area contributed by atoms with E-state index in [1.807, 2.05) is 11.3 Å². The molecule has 61 heavy (non-hydrogen) atoms. The van der Waals surface area contributed by atoms with Crippen LogP contribution in [0.5, 0.6) is 0 Å². The van der Waals surface area contributed by atoms with Gasteiger partial charge in [-0.25, -0.2) is 15.0 Å². The van der Waals surface area contributed by atoms with Crippen LogP contribution in [0.1, 0.15) is 0 Å². The topological polar surface area (TPSA) is 38.7 Å². The summed E-state index contributed by atoms with van der Waals surface area (Å²) in [5.41, 5.74) is 5.31. The van der Waals surface area contributed by atoms with Gasteiger partial charge in [0.1, 0.15) is 0 Å². The highest BCUT2D eigenvalue weighted by molar-refractivity contribution is 7.26. The second-order valence-electron chi connectivity index (χ2n) is 15.9. The number of rotatable bonds is 4. The Morgan fingerprint density at radius 2 is 0.721 bits per heavy atom. The van der Waals surface area contributed by atoms with Gasteiger partial charge in [0, 0.05) is 36.9 Å². The monoisotopic (exact) mass is 791 g/mol. The Hall–Kier alpha value is -7.79. The van der Waals surface area contributed by atoms with Crippen molar-refractivity contribution in [3.05, 3.63) is 200 Å². The molecule has 0 saturated heterocycles. The minimum atomic E-state index is 0.641. The minimum Gasteiger partial charge on any atom is -0.208 e. The minimum absolute atomic E-state index is 0.641. The van der Waals surface area contributed by atoms with Crippen molar-refractivity contribution in [2.75, 3.05) is 0 Å². The lowest BCUT2D eigenvalue weighted by atomic mass is 9.90. The quantitative estimate of drug-likeness (QED) is 0.167. The number of aromatic nitrogens is 3. The third-order valence-electron chi connectivity index (χ3n) is 12.5. The van der Waals surface area contributed by atoms with Gasteiger partial charge >= 0.3 is 0 Å². The lowest BCUT2D eigenvalue weighted by Crippen LogP contribution is -2.01. The molecule has 2 aromatic heterocycles. The average molecular weight is 792 g/mol. The Labute approximate surface area is 354 Å². The van der Waals surface area contributed by atoms with E-state index in [4.69, 9.17) is 15.0 Å². The Morgan fingerprint density at radius 3 is 1.31 bits per heavy atom. The standard InChI is InChI=1S/C57H33N3S/c1-4-18-39-34(13-1)16-11-25-46(39)56-58-55(59-57(60-56)47-26-12-17-35-14-2-5-19-40(35)47)37-29-27-36(28-30-37)53-41-20-6-3-15-38(41)31-52-54(53)50-32-48-44-23-9-7-21-42(44)43-22-8-10-24-45(43)49(48)33-51(50)61-52/h1-33H. The van der Waals surface area contributed by atoms with E-state index >= 15 is 0 Å². The van der Waals surface area contributed by atoms with Gasteiger partial charge < -0.3 is 0 Å². The highest BCUT2D eigenvalue weighted by atomic mass is 32.1. The van der Waals surface area contributed by atoms with Crippen molar-refractivity contribution in [3.63, 3.8) is 0 Å². The van der Waals surface area contributed by atoms with Crippen LogP contribution in [0.2, 0.25) is 0 Å². The maximum atomic E-state index is 5.22. The van der Waals surface area contributed by atoms with Gasteiger partial charge in [0.25, 0.3) is 0 Å². The summed E-state index contributed by atoms with van der Waals surface area (Å²) in [6.45, 7) is 0. The molecule has 0 fully saturated rings. The normalized spacial score (nSPS) is 11.9. The maximum absolute atomic E-state index is 5.22. The van der Waals surface area contributed by atoms with Crippen LogP contribution in [0.4, 0.5) is 0 Å². The van der Waals surface area contributed by atoms with Crippen LogP contribution >= 0.6 is 11.3 Å². The van der Waals surface area contributed by atoms with Gasteiger partial charge in [-0.15, -0.1) is 11.3 Å². The molecule has 282 valence electrons. The molecule has 3 nitrogen and oxygen atoms in total. The summed E-state index contributed by atoms with van der Waals surface area (Å²) < 4.78 is 2.58. The molecule has 4 heteroatoms. The molecule has 0 saturated carbocycles. The molecule has 0 bridgehead atoms. The molecule has 0 radical (unpaired) electrons. The van der Waals surface area contributed by atoms with Gasteiger partial charge in [0.2, 0.25) is 0 Å². The molecule has 0 unspecified atom stereocenters. The summed E-state index contributed by atoms with van der Waals surface area (Å²) in [6.07, 6.45) is 0. The van der Waals surface area contributed by atoms with Crippen LogP contribution < -0.4 is 0 Å². The zero-order valence-corrected chi connectivity index (χ0v) is 33.6. The summed E-state index contributed by atoms with van der Waals surface area (Å²) in [5.74, 6) is 1.95. The zero-order valence-electron chi connectivity index (χ0n) is 32.8. The molecule has 0 aliphatic heterocycles. The number of hydrogen-bond donors (Lipinski definition) is 0. The van der Waals surface area contributed by atoms with Crippen molar-refractivity contribution < 1.29 is 0 Å². The summed E-state index contributed by atoms with van der Waals surface area (Å²) in [7, 11) is 0. The highest BCUT2D eigenvalue weighted by Gasteiger charge is 2.20. The fourth-order valence-electron chi connectivity index (χ4n) is 9.67. The number of hydrogen-bond acceptors (Lipinski definition) is 4. The Balaban J connectivity index is 1.03. The van der Waals surface area contributed by atoms with E-state index in [1.54, 1.807) is 0 Å². The molecular weight excluding hydrogens is 759 g/mol. The van der Waals surface area contributed by atoms with E-state index in [0.29, 0.717) is 17.5 Å². The van der Waals surface area contributed by atoms with Crippen molar-refractivity contribution in [1.29, 1.82) is 0 Å². The highest BCUT2D eigenvalue weighted by Crippen LogP contribution is 2.47. The van der Waals surface area contributed by atoms with E-state index in [1.165, 1.54) is 68.8 Å². The molecule has 13 rings (SSSR count). The SMILES string of the molecule is c1ccc2c(-c3nc(-c4ccc(-c5c6ccccc6cc6sc7cc8c9ccccc9c9ccccc9c8cc7c56)cc4)nc(-c4cccc5ccccc45)n3)cccc2c1. The molecule has 0 atom stereocenters. The Bertz CT molecular complexity index is 3830. The molecule has 0 aliphatic carbocycles. The molecule has 0 N–H and O–H groups in total. The van der Waals surface area contributed by atoms with E-state index in [0.717, 1.165) is 43.8 Å². The van der Waals surface area contributed by atoms with Crippen LogP contribution in [0, 0.1) is 0 Å². The van der Waals surface area contributed by atoms with Crippen molar-refractivity contribution in [2.24, 2.45) is 0 Å². The van der Waals surface area contributed by atoms with E-state index in [2.05, 4.69) is 200 Å².